The number of hydrogen-bond donors (Lipinski definition) is 0. The van der Waals surface area contributed by atoms with Crippen LogP contribution in [0.1, 0.15) is 39.2 Å². The Morgan fingerprint density at radius 2 is 1.75 bits per heavy atom. The van der Waals surface area contributed by atoms with E-state index in [9.17, 15) is 9.59 Å². The molecule has 1 aromatic rings. The fourth-order valence-electron chi connectivity index (χ4n) is 2.23. The summed E-state index contributed by atoms with van der Waals surface area (Å²) >= 11 is 1.54. The van der Waals surface area contributed by atoms with Crippen LogP contribution in [-0.4, -0.2) is 25.2 Å². The van der Waals surface area contributed by atoms with E-state index in [0.29, 0.717) is 19.3 Å². The molecule has 1 rings (SSSR count). The normalized spacial score (nSPS) is 11.2. The Balaban J connectivity index is 3.10. The van der Waals surface area contributed by atoms with Crippen LogP contribution < -0.4 is 0 Å². The van der Waals surface area contributed by atoms with Crippen LogP contribution >= 0.6 is 11.3 Å². The van der Waals surface area contributed by atoms with Crippen molar-refractivity contribution in [2.24, 2.45) is 5.41 Å². The molecule has 112 valence electrons. The molecule has 0 atom stereocenters. The van der Waals surface area contributed by atoms with Crippen LogP contribution in [0.4, 0.5) is 0 Å². The van der Waals surface area contributed by atoms with Crippen LogP contribution in [0.25, 0.3) is 0 Å². The van der Waals surface area contributed by atoms with Crippen molar-refractivity contribution in [1.29, 1.82) is 0 Å². The Morgan fingerprint density at radius 3 is 2.15 bits per heavy atom. The van der Waals surface area contributed by atoms with Gasteiger partial charge in [0.05, 0.1) is 13.2 Å². The van der Waals surface area contributed by atoms with Crippen LogP contribution in [0.15, 0.2) is 16.8 Å². The van der Waals surface area contributed by atoms with E-state index in [4.69, 9.17) is 9.47 Å². The second kappa shape index (κ2) is 8.04. The first kappa shape index (κ1) is 16.7. The lowest BCUT2D eigenvalue weighted by molar-refractivity contribution is -0.172. The fraction of sp³-hybridized carbons (Fsp3) is 0.600. The quantitative estimate of drug-likeness (QED) is 0.546. The predicted molar refractivity (Wildman–Crippen MR) is 78.6 cm³/mol. The number of thiophene rings is 1. The van der Waals surface area contributed by atoms with Gasteiger partial charge in [-0.2, -0.15) is 11.3 Å². The third-order valence-corrected chi connectivity index (χ3v) is 3.83. The van der Waals surface area contributed by atoms with E-state index < -0.39 is 17.4 Å². The molecule has 0 spiro atoms. The summed E-state index contributed by atoms with van der Waals surface area (Å²) in [5.41, 5.74) is -0.258. The summed E-state index contributed by atoms with van der Waals surface area (Å²) in [6.07, 6.45) is 1.48. The Hall–Kier alpha value is -1.36. The predicted octanol–water partition coefficient (Wildman–Crippen LogP) is 3.20. The standard InChI is InChI=1S/C15H22O4S/c1-4-8-15(13(16)18-5-2,14(17)19-6-3)10-12-7-9-20-11-12/h7,9,11H,4-6,8,10H2,1-3H3. The van der Waals surface area contributed by atoms with E-state index in [1.807, 2.05) is 23.8 Å². The monoisotopic (exact) mass is 298 g/mol. The largest absolute Gasteiger partial charge is 0.465 e. The first-order chi connectivity index (χ1) is 9.60. The van der Waals surface area contributed by atoms with Crippen molar-refractivity contribution in [2.75, 3.05) is 13.2 Å². The van der Waals surface area contributed by atoms with Crippen molar-refractivity contribution in [3.8, 4) is 0 Å². The van der Waals surface area contributed by atoms with Crippen molar-refractivity contribution in [3.05, 3.63) is 22.4 Å². The molecule has 1 aromatic heterocycles. The van der Waals surface area contributed by atoms with E-state index >= 15 is 0 Å². The first-order valence-electron chi connectivity index (χ1n) is 6.96. The van der Waals surface area contributed by atoms with E-state index in [1.165, 1.54) is 0 Å². The molecule has 20 heavy (non-hydrogen) atoms. The molecule has 1 heterocycles. The molecule has 0 amide bonds. The van der Waals surface area contributed by atoms with Gasteiger partial charge >= 0.3 is 11.9 Å². The zero-order chi connectivity index (χ0) is 15.0. The number of esters is 2. The lowest BCUT2D eigenvalue weighted by Crippen LogP contribution is -2.44. The summed E-state index contributed by atoms with van der Waals surface area (Å²) in [6, 6.07) is 1.92. The van der Waals surface area contributed by atoms with Crippen molar-refractivity contribution in [1.82, 2.24) is 0 Å². The van der Waals surface area contributed by atoms with E-state index in [2.05, 4.69) is 0 Å². The zero-order valence-corrected chi connectivity index (χ0v) is 13.1. The highest BCUT2D eigenvalue weighted by Crippen LogP contribution is 2.33. The highest BCUT2D eigenvalue weighted by atomic mass is 32.1. The lowest BCUT2D eigenvalue weighted by Gasteiger charge is -2.28. The lowest BCUT2D eigenvalue weighted by atomic mass is 9.78. The van der Waals surface area contributed by atoms with E-state index in [1.54, 1.807) is 25.2 Å². The van der Waals surface area contributed by atoms with Crippen molar-refractivity contribution in [3.63, 3.8) is 0 Å². The van der Waals surface area contributed by atoms with Gasteiger partial charge in [-0.1, -0.05) is 13.3 Å². The summed E-state index contributed by atoms with van der Waals surface area (Å²) in [5.74, 6) is -0.960. The smallest absolute Gasteiger partial charge is 0.323 e. The number of ether oxygens (including phenoxy) is 2. The summed E-state index contributed by atoms with van der Waals surface area (Å²) in [6.45, 7) is 5.94. The molecule has 0 unspecified atom stereocenters. The molecule has 0 saturated carbocycles. The number of carbonyl (C=O) groups is 2. The molecule has 5 heteroatoms. The third kappa shape index (κ3) is 3.82. The Bertz CT molecular complexity index is 407. The number of hydrogen-bond acceptors (Lipinski definition) is 5. The average molecular weight is 298 g/mol. The molecule has 0 N–H and O–H groups in total. The molecule has 0 aliphatic rings. The molecule has 4 nitrogen and oxygen atoms in total. The topological polar surface area (TPSA) is 52.6 Å². The molecule has 0 fully saturated rings. The van der Waals surface area contributed by atoms with Crippen LogP contribution in [0, 0.1) is 5.41 Å². The molecule has 0 aliphatic carbocycles. The Labute approximate surface area is 124 Å². The molecule has 0 aromatic carbocycles. The summed E-state index contributed by atoms with van der Waals surface area (Å²) < 4.78 is 10.3. The number of rotatable bonds is 8. The van der Waals surface area contributed by atoms with Gasteiger partial charge in [-0.15, -0.1) is 0 Å². The summed E-state index contributed by atoms with van der Waals surface area (Å²) in [5, 5.41) is 3.88. The van der Waals surface area contributed by atoms with E-state index in [-0.39, 0.29) is 13.2 Å². The molecule has 0 aliphatic heterocycles. The molecule has 0 saturated heterocycles. The van der Waals surface area contributed by atoms with Crippen LogP contribution in [0.2, 0.25) is 0 Å². The highest BCUT2D eigenvalue weighted by molar-refractivity contribution is 7.07. The molecule has 0 bridgehead atoms. The average Bonchev–Trinajstić information content (AvgIpc) is 2.91. The SMILES string of the molecule is CCCC(Cc1ccsc1)(C(=O)OCC)C(=O)OCC. The van der Waals surface area contributed by atoms with Gasteiger partial charge in [-0.3, -0.25) is 9.59 Å². The zero-order valence-electron chi connectivity index (χ0n) is 12.3. The minimum atomic E-state index is -1.22. The summed E-state index contributed by atoms with van der Waals surface area (Å²) in [4.78, 5) is 24.8. The maximum Gasteiger partial charge on any atom is 0.323 e. The maximum atomic E-state index is 12.4. The van der Waals surface area contributed by atoms with Crippen molar-refractivity contribution in [2.45, 2.75) is 40.0 Å². The van der Waals surface area contributed by atoms with Gasteiger partial charge in [0.15, 0.2) is 5.41 Å². The number of carbonyl (C=O) groups excluding carboxylic acids is 2. The van der Waals surface area contributed by atoms with E-state index in [0.717, 1.165) is 5.56 Å². The first-order valence-corrected chi connectivity index (χ1v) is 7.90. The second-order valence-corrected chi connectivity index (χ2v) is 5.36. The Kier molecular flexibility index (Phi) is 6.71. The van der Waals surface area contributed by atoms with Crippen molar-refractivity contribution < 1.29 is 19.1 Å². The van der Waals surface area contributed by atoms with Gasteiger partial charge in [0, 0.05) is 6.42 Å². The second-order valence-electron chi connectivity index (χ2n) is 4.58. The highest BCUT2D eigenvalue weighted by Gasteiger charge is 2.48. The van der Waals surface area contributed by atoms with Gasteiger partial charge in [0.1, 0.15) is 0 Å². The fourth-order valence-corrected chi connectivity index (χ4v) is 2.90. The van der Waals surface area contributed by atoms with Gasteiger partial charge in [0.2, 0.25) is 0 Å². The minimum Gasteiger partial charge on any atom is -0.465 e. The van der Waals surface area contributed by atoms with Gasteiger partial charge < -0.3 is 9.47 Å². The van der Waals surface area contributed by atoms with Crippen molar-refractivity contribution >= 4 is 23.3 Å². The minimum absolute atomic E-state index is 0.257. The van der Waals surface area contributed by atoms with Crippen LogP contribution in [0.3, 0.4) is 0 Å². The van der Waals surface area contributed by atoms with Crippen LogP contribution in [-0.2, 0) is 25.5 Å². The molecular formula is C15H22O4S. The molecule has 0 radical (unpaired) electrons. The summed E-state index contributed by atoms with van der Waals surface area (Å²) in [7, 11) is 0. The molecular weight excluding hydrogens is 276 g/mol. The van der Waals surface area contributed by atoms with Gasteiger partial charge in [-0.25, -0.2) is 0 Å². The Morgan fingerprint density at radius 1 is 1.15 bits per heavy atom. The van der Waals surface area contributed by atoms with Gasteiger partial charge in [0.25, 0.3) is 0 Å². The van der Waals surface area contributed by atoms with Crippen LogP contribution in [0.5, 0.6) is 0 Å². The van der Waals surface area contributed by atoms with Gasteiger partial charge in [-0.05, 0) is 42.7 Å². The third-order valence-electron chi connectivity index (χ3n) is 3.10. The maximum absolute atomic E-state index is 12.4.